The van der Waals surface area contributed by atoms with Crippen LogP contribution in [0.3, 0.4) is 0 Å². The average Bonchev–Trinajstić information content (AvgIpc) is 2.97. The minimum Gasteiger partial charge on any atom is -0.444 e. The Morgan fingerprint density at radius 2 is 1.80 bits per heavy atom. The van der Waals surface area contributed by atoms with Crippen LogP contribution in [0.2, 0.25) is 5.02 Å². The molecule has 0 bridgehead atoms. The monoisotopic (exact) mass is 641 g/mol. The topological polar surface area (TPSA) is 36.0 Å². The summed E-state index contributed by atoms with van der Waals surface area (Å²) in [6.45, 7) is 10.5. The zero-order chi connectivity index (χ0) is 31.5. The van der Waals surface area contributed by atoms with Gasteiger partial charge in [-0.25, -0.2) is 17.9 Å². The van der Waals surface area contributed by atoms with Crippen molar-refractivity contribution in [2.45, 2.75) is 68.4 Å². The molecule has 1 spiro atoms. The summed E-state index contributed by atoms with van der Waals surface area (Å²) >= 11 is 7.79. The van der Waals surface area contributed by atoms with Crippen molar-refractivity contribution < 1.29 is 18.3 Å². The van der Waals surface area contributed by atoms with E-state index in [4.69, 9.17) is 16.3 Å². The van der Waals surface area contributed by atoms with Crippen molar-refractivity contribution in [1.82, 2.24) is 14.1 Å². The van der Waals surface area contributed by atoms with Gasteiger partial charge in [0.2, 0.25) is 0 Å². The minimum absolute atomic E-state index is 0.0874. The molecule has 0 aromatic heterocycles. The number of amides is 1. The molecule has 2 aliphatic rings. The number of hydrogen-bond acceptors (Lipinski definition) is 5. The summed E-state index contributed by atoms with van der Waals surface area (Å²) in [6.07, 6.45) is 2.62. The zero-order valence-corrected chi connectivity index (χ0v) is 27.6. The summed E-state index contributed by atoms with van der Waals surface area (Å²) in [7, 11) is 1.98. The highest BCUT2D eigenvalue weighted by atomic mass is 35.5. The van der Waals surface area contributed by atoms with Crippen LogP contribution in [0.4, 0.5) is 13.6 Å². The first-order valence-electron chi connectivity index (χ1n) is 15.3. The predicted molar refractivity (Wildman–Crippen MR) is 174 cm³/mol. The highest BCUT2D eigenvalue weighted by Gasteiger charge is 2.44. The minimum atomic E-state index is -0.841. The molecule has 1 saturated heterocycles. The Hall–Kier alpha value is -2.65. The van der Waals surface area contributed by atoms with Crippen LogP contribution in [-0.2, 0) is 16.7 Å². The fourth-order valence-electron chi connectivity index (χ4n) is 6.50. The van der Waals surface area contributed by atoms with Crippen LogP contribution < -0.4 is 0 Å². The lowest BCUT2D eigenvalue weighted by Gasteiger charge is -2.48. The summed E-state index contributed by atoms with van der Waals surface area (Å²) in [5, 5.41) is 0.703. The number of likely N-dealkylation sites (N-methyl/N-ethyl adjacent to an activating group) is 1. The molecular weight excluding hydrogens is 600 g/mol. The van der Waals surface area contributed by atoms with Crippen molar-refractivity contribution in [3.63, 3.8) is 0 Å². The molecule has 0 saturated carbocycles. The Morgan fingerprint density at radius 3 is 2.50 bits per heavy atom. The molecule has 236 valence electrons. The van der Waals surface area contributed by atoms with E-state index in [0.717, 1.165) is 51.0 Å². The van der Waals surface area contributed by atoms with Gasteiger partial charge in [0.05, 0.1) is 0 Å². The number of rotatable bonds is 8. The second-order valence-electron chi connectivity index (χ2n) is 13.1. The number of piperidine rings is 1. The first-order valence-corrected chi connectivity index (χ1v) is 16.4. The smallest absolute Gasteiger partial charge is 0.410 e. The van der Waals surface area contributed by atoms with Crippen LogP contribution >= 0.6 is 23.5 Å². The standard InChI is InChI=1S/C35H42ClF2N3O2S/c1-34(2,3)43-33(42)41-23-27-8-5-6-11-30(27)35(24-41)15-18-40(19-16-35)17-14-26(25-9-7-10-28(36)20-25)22-39(4)44-29-12-13-31(37)32(38)21-29/h5-13,20-21,26H,14-19,22-24H2,1-4H3. The zero-order valence-electron chi connectivity index (χ0n) is 26.0. The Bertz CT molecular complexity index is 1460. The van der Waals surface area contributed by atoms with Gasteiger partial charge in [-0.2, -0.15) is 0 Å². The highest BCUT2D eigenvalue weighted by Crippen LogP contribution is 2.42. The Kier molecular flexibility index (Phi) is 10.2. The number of benzene rings is 3. The largest absolute Gasteiger partial charge is 0.444 e. The van der Waals surface area contributed by atoms with E-state index in [-0.39, 0.29) is 17.4 Å². The molecule has 1 atom stereocenters. The highest BCUT2D eigenvalue weighted by molar-refractivity contribution is 7.97. The van der Waals surface area contributed by atoms with E-state index in [1.165, 1.54) is 35.2 Å². The van der Waals surface area contributed by atoms with Gasteiger partial charge in [-0.05, 0) is 132 Å². The molecule has 9 heteroatoms. The van der Waals surface area contributed by atoms with Crippen LogP contribution in [0.5, 0.6) is 0 Å². The fourth-order valence-corrected chi connectivity index (χ4v) is 7.60. The molecule has 3 aromatic rings. The van der Waals surface area contributed by atoms with Gasteiger partial charge < -0.3 is 14.5 Å². The number of carbonyl (C=O) groups excluding carboxylic acids is 1. The lowest BCUT2D eigenvalue weighted by Crippen LogP contribution is -2.54. The van der Waals surface area contributed by atoms with E-state index in [0.29, 0.717) is 23.0 Å². The molecule has 5 nitrogen and oxygen atoms in total. The van der Waals surface area contributed by atoms with E-state index in [1.54, 1.807) is 6.07 Å². The van der Waals surface area contributed by atoms with E-state index < -0.39 is 17.2 Å². The first kappa shape index (κ1) is 32.7. The number of carbonyl (C=O) groups is 1. The summed E-state index contributed by atoms with van der Waals surface area (Å²) in [4.78, 5) is 18.2. The summed E-state index contributed by atoms with van der Waals surface area (Å²) < 4.78 is 35.1. The van der Waals surface area contributed by atoms with E-state index >= 15 is 0 Å². The normalized spacial score (nSPS) is 17.5. The molecular formula is C35H42ClF2N3O2S. The molecule has 0 N–H and O–H groups in total. The molecule has 2 heterocycles. The quantitative estimate of drug-likeness (QED) is 0.231. The maximum absolute atomic E-state index is 13.8. The molecule has 44 heavy (non-hydrogen) atoms. The third-order valence-corrected chi connectivity index (χ3v) is 9.81. The maximum atomic E-state index is 13.8. The number of fused-ring (bicyclic) bond motifs is 2. The molecule has 0 radical (unpaired) electrons. The van der Waals surface area contributed by atoms with Crippen LogP contribution in [0.1, 0.15) is 62.6 Å². The molecule has 0 aliphatic carbocycles. The van der Waals surface area contributed by atoms with Crippen molar-refractivity contribution in [2.24, 2.45) is 0 Å². The number of ether oxygens (including phenoxy) is 1. The SMILES string of the molecule is CN(CC(CCN1CCC2(CC1)CN(C(=O)OC(C)(C)C)Cc1ccccc12)c1cccc(Cl)c1)Sc1ccc(F)c(F)c1. The van der Waals surface area contributed by atoms with Crippen LogP contribution in [0, 0.1) is 11.6 Å². The van der Waals surface area contributed by atoms with Gasteiger partial charge in [-0.3, -0.25) is 0 Å². The number of halogens is 3. The lowest BCUT2D eigenvalue weighted by molar-refractivity contribution is 0.0104. The van der Waals surface area contributed by atoms with E-state index in [1.807, 2.05) is 50.9 Å². The lowest BCUT2D eigenvalue weighted by atomic mass is 9.69. The third-order valence-electron chi connectivity index (χ3n) is 8.65. The van der Waals surface area contributed by atoms with Crippen molar-refractivity contribution in [1.29, 1.82) is 0 Å². The van der Waals surface area contributed by atoms with Crippen molar-refractivity contribution in [2.75, 3.05) is 39.8 Å². The molecule has 1 fully saturated rings. The Morgan fingerprint density at radius 1 is 1.05 bits per heavy atom. The number of hydrogen-bond donors (Lipinski definition) is 0. The number of likely N-dealkylation sites (tertiary alicyclic amines) is 1. The van der Waals surface area contributed by atoms with Crippen LogP contribution in [-0.4, -0.2) is 65.6 Å². The summed E-state index contributed by atoms with van der Waals surface area (Å²) in [5.41, 5.74) is 3.12. The molecule has 5 rings (SSSR count). The van der Waals surface area contributed by atoms with Crippen molar-refractivity contribution >= 4 is 29.6 Å². The summed E-state index contributed by atoms with van der Waals surface area (Å²) in [5.74, 6) is -1.48. The van der Waals surface area contributed by atoms with Gasteiger partial charge in [0, 0.05) is 35.0 Å². The summed E-state index contributed by atoms with van der Waals surface area (Å²) in [6, 6.07) is 20.6. The third kappa shape index (κ3) is 8.13. The van der Waals surface area contributed by atoms with E-state index in [9.17, 15) is 13.6 Å². The number of nitrogens with zero attached hydrogens (tertiary/aromatic N) is 3. The van der Waals surface area contributed by atoms with Gasteiger partial charge >= 0.3 is 6.09 Å². The predicted octanol–water partition coefficient (Wildman–Crippen LogP) is 8.52. The van der Waals surface area contributed by atoms with Gasteiger partial charge in [0.25, 0.3) is 0 Å². The molecule has 2 aliphatic heterocycles. The van der Waals surface area contributed by atoms with Gasteiger partial charge in [0.1, 0.15) is 5.60 Å². The van der Waals surface area contributed by atoms with Crippen LogP contribution in [0.25, 0.3) is 0 Å². The molecule has 1 amide bonds. The van der Waals surface area contributed by atoms with Crippen molar-refractivity contribution in [3.05, 3.63) is 100 Å². The average molecular weight is 642 g/mol. The first-order chi connectivity index (χ1) is 20.9. The van der Waals surface area contributed by atoms with Crippen LogP contribution in [0.15, 0.2) is 71.6 Å². The van der Waals surface area contributed by atoms with Gasteiger partial charge in [-0.1, -0.05) is 48.0 Å². The second kappa shape index (κ2) is 13.8. The van der Waals surface area contributed by atoms with Gasteiger partial charge in [0.15, 0.2) is 11.6 Å². The van der Waals surface area contributed by atoms with E-state index in [2.05, 4.69) is 39.5 Å². The fraction of sp³-hybridized carbons (Fsp3) is 0.457. The molecule has 1 unspecified atom stereocenters. The second-order valence-corrected chi connectivity index (χ2v) is 14.8. The Labute approximate surface area is 269 Å². The maximum Gasteiger partial charge on any atom is 0.410 e. The van der Waals surface area contributed by atoms with Crippen molar-refractivity contribution in [3.8, 4) is 0 Å². The van der Waals surface area contributed by atoms with Gasteiger partial charge in [-0.15, -0.1) is 0 Å². The molecule has 3 aromatic carbocycles. The Balaban J connectivity index is 1.25.